The molecule has 0 amide bonds. The van der Waals surface area contributed by atoms with Gasteiger partial charge in [-0.05, 0) is 48.6 Å². The van der Waals surface area contributed by atoms with Crippen LogP contribution in [0, 0.1) is 0 Å². The van der Waals surface area contributed by atoms with Gasteiger partial charge in [-0.1, -0.05) is 102 Å². The van der Waals surface area contributed by atoms with Gasteiger partial charge in [0.25, 0.3) is 0 Å². The Labute approximate surface area is 224 Å². The first-order valence-electron chi connectivity index (χ1n) is 14.3. The molecule has 0 saturated heterocycles. The first kappa shape index (κ1) is 25.6. The quantitative estimate of drug-likeness (QED) is 0.108. The van der Waals surface area contributed by atoms with Crippen LogP contribution in [0.2, 0.25) is 0 Å². The SMILES string of the molecule is CCCCCCCCc1nc2c(ccc3c4ccc5sc(CCCCCCCC)nc5c4ccc32)s1. The van der Waals surface area contributed by atoms with Crippen molar-refractivity contribution in [1.29, 1.82) is 0 Å². The van der Waals surface area contributed by atoms with E-state index in [0.717, 1.165) is 12.8 Å². The molecule has 0 bridgehead atoms. The fraction of sp³-hybridized carbons (Fsp3) is 0.500. The molecular formula is C32H40N2S2. The lowest BCUT2D eigenvalue weighted by molar-refractivity contribution is 0.607. The minimum absolute atomic E-state index is 1.11. The highest BCUT2D eigenvalue weighted by Gasteiger charge is 2.13. The lowest BCUT2D eigenvalue weighted by atomic mass is 10.0. The molecule has 0 aliphatic heterocycles. The molecule has 2 nitrogen and oxygen atoms in total. The Morgan fingerprint density at radius 2 is 0.861 bits per heavy atom. The summed E-state index contributed by atoms with van der Waals surface area (Å²) < 4.78 is 2.64. The van der Waals surface area contributed by atoms with Gasteiger partial charge >= 0.3 is 0 Å². The number of hydrogen-bond acceptors (Lipinski definition) is 4. The van der Waals surface area contributed by atoms with E-state index >= 15 is 0 Å². The predicted octanol–water partition coefficient (Wildman–Crippen LogP) is 11.0. The Bertz CT molecular complexity index is 1320. The summed E-state index contributed by atoms with van der Waals surface area (Å²) in [5, 5.41) is 7.77. The topological polar surface area (TPSA) is 25.8 Å². The van der Waals surface area contributed by atoms with Crippen LogP contribution < -0.4 is 0 Å². The van der Waals surface area contributed by atoms with Crippen molar-refractivity contribution in [1.82, 2.24) is 9.97 Å². The van der Waals surface area contributed by atoms with Crippen molar-refractivity contribution in [2.45, 2.75) is 104 Å². The van der Waals surface area contributed by atoms with Gasteiger partial charge in [-0.2, -0.15) is 0 Å². The summed E-state index contributed by atoms with van der Waals surface area (Å²) in [5.41, 5.74) is 2.37. The van der Waals surface area contributed by atoms with Crippen molar-refractivity contribution >= 4 is 64.7 Å². The molecule has 0 unspecified atom stereocenters. The first-order valence-corrected chi connectivity index (χ1v) is 15.9. The number of fused-ring (bicyclic) bond motifs is 7. The number of rotatable bonds is 14. The summed E-state index contributed by atoms with van der Waals surface area (Å²) in [6.45, 7) is 4.56. The Hall–Kier alpha value is -2.04. The lowest BCUT2D eigenvalue weighted by Crippen LogP contribution is -1.86. The van der Waals surface area contributed by atoms with Crippen molar-refractivity contribution in [2.75, 3.05) is 0 Å². The predicted molar refractivity (Wildman–Crippen MR) is 162 cm³/mol. The molecule has 4 heteroatoms. The van der Waals surface area contributed by atoms with Crippen molar-refractivity contribution in [3.63, 3.8) is 0 Å². The minimum atomic E-state index is 1.11. The van der Waals surface area contributed by atoms with Gasteiger partial charge in [0.1, 0.15) is 0 Å². The molecule has 0 atom stereocenters. The highest BCUT2D eigenvalue weighted by Crippen LogP contribution is 2.37. The summed E-state index contributed by atoms with van der Waals surface area (Å²) in [6, 6.07) is 13.8. The van der Waals surface area contributed by atoms with Gasteiger partial charge in [-0.25, -0.2) is 9.97 Å². The molecule has 190 valence electrons. The number of nitrogens with zero attached hydrogens (tertiary/aromatic N) is 2. The zero-order valence-electron chi connectivity index (χ0n) is 22.1. The molecule has 5 aromatic rings. The maximum Gasteiger partial charge on any atom is 0.0938 e. The number of benzene rings is 3. The summed E-state index contributed by atoms with van der Waals surface area (Å²) in [5.74, 6) is 0. The van der Waals surface area contributed by atoms with Gasteiger partial charge in [-0.15, -0.1) is 22.7 Å². The fourth-order valence-electron chi connectivity index (χ4n) is 5.42. The molecule has 36 heavy (non-hydrogen) atoms. The average molecular weight is 517 g/mol. The van der Waals surface area contributed by atoms with E-state index in [9.17, 15) is 0 Å². The largest absolute Gasteiger partial charge is 0.241 e. The maximum absolute atomic E-state index is 5.11. The Morgan fingerprint density at radius 3 is 1.31 bits per heavy atom. The summed E-state index contributed by atoms with van der Waals surface area (Å²) in [7, 11) is 0. The summed E-state index contributed by atoms with van der Waals surface area (Å²) >= 11 is 3.77. The molecular weight excluding hydrogens is 477 g/mol. The van der Waals surface area contributed by atoms with Crippen LogP contribution in [-0.4, -0.2) is 9.97 Å². The van der Waals surface area contributed by atoms with Crippen LogP contribution >= 0.6 is 22.7 Å². The highest BCUT2D eigenvalue weighted by atomic mass is 32.1. The second kappa shape index (κ2) is 12.5. The number of aryl methyl sites for hydroxylation is 2. The van der Waals surface area contributed by atoms with Crippen molar-refractivity contribution in [3.8, 4) is 0 Å². The molecule has 0 saturated carbocycles. The number of thiazole rings is 2. The first-order chi connectivity index (χ1) is 17.8. The highest BCUT2D eigenvalue weighted by molar-refractivity contribution is 7.19. The molecule has 0 N–H and O–H groups in total. The molecule has 0 spiro atoms. The van der Waals surface area contributed by atoms with Crippen LogP contribution in [-0.2, 0) is 12.8 Å². The zero-order chi connectivity index (χ0) is 24.7. The lowest BCUT2D eigenvalue weighted by Gasteiger charge is -2.05. The third-order valence-corrected chi connectivity index (χ3v) is 9.64. The minimum Gasteiger partial charge on any atom is -0.241 e. The van der Waals surface area contributed by atoms with Crippen molar-refractivity contribution in [3.05, 3.63) is 46.4 Å². The van der Waals surface area contributed by atoms with Crippen LogP contribution in [0.4, 0.5) is 0 Å². The molecule has 3 aromatic carbocycles. The van der Waals surface area contributed by atoms with Crippen LogP contribution in [0.5, 0.6) is 0 Å². The second-order valence-corrected chi connectivity index (χ2v) is 12.6. The monoisotopic (exact) mass is 516 g/mol. The van der Waals surface area contributed by atoms with E-state index in [0.29, 0.717) is 0 Å². The van der Waals surface area contributed by atoms with E-state index in [1.807, 2.05) is 22.7 Å². The number of aromatic nitrogens is 2. The van der Waals surface area contributed by atoms with Gasteiger partial charge in [0.05, 0.1) is 30.4 Å². The van der Waals surface area contributed by atoms with E-state index in [1.165, 1.54) is 129 Å². The van der Waals surface area contributed by atoms with E-state index in [-0.39, 0.29) is 0 Å². The van der Waals surface area contributed by atoms with E-state index in [4.69, 9.17) is 9.97 Å². The molecule has 0 aliphatic carbocycles. The summed E-state index contributed by atoms with van der Waals surface area (Å²) in [4.78, 5) is 10.2. The van der Waals surface area contributed by atoms with Crippen LogP contribution in [0.1, 0.15) is 101 Å². The van der Waals surface area contributed by atoms with Gasteiger partial charge in [0.2, 0.25) is 0 Å². The van der Waals surface area contributed by atoms with Crippen LogP contribution in [0.3, 0.4) is 0 Å². The maximum atomic E-state index is 5.11. The molecule has 2 heterocycles. The van der Waals surface area contributed by atoms with Crippen molar-refractivity contribution < 1.29 is 0 Å². The Morgan fingerprint density at radius 1 is 0.472 bits per heavy atom. The van der Waals surface area contributed by atoms with Gasteiger partial charge < -0.3 is 0 Å². The molecule has 5 rings (SSSR count). The zero-order valence-corrected chi connectivity index (χ0v) is 23.7. The van der Waals surface area contributed by atoms with E-state index in [1.54, 1.807) is 0 Å². The van der Waals surface area contributed by atoms with Crippen LogP contribution in [0.15, 0.2) is 36.4 Å². The fourth-order valence-corrected chi connectivity index (χ4v) is 7.47. The van der Waals surface area contributed by atoms with Gasteiger partial charge in [-0.3, -0.25) is 0 Å². The second-order valence-electron chi connectivity index (χ2n) is 10.3. The third kappa shape index (κ3) is 5.75. The normalized spacial score (nSPS) is 12.1. The van der Waals surface area contributed by atoms with Gasteiger partial charge in [0, 0.05) is 10.8 Å². The van der Waals surface area contributed by atoms with Crippen LogP contribution in [0.25, 0.3) is 42.0 Å². The third-order valence-electron chi connectivity index (χ3n) is 7.48. The number of unbranched alkanes of at least 4 members (excludes halogenated alkanes) is 10. The number of hydrogen-bond donors (Lipinski definition) is 0. The van der Waals surface area contributed by atoms with Gasteiger partial charge in [0.15, 0.2) is 0 Å². The Kier molecular flexibility index (Phi) is 8.87. The molecule has 0 radical (unpaired) electrons. The smallest absolute Gasteiger partial charge is 0.0938 e. The standard InChI is InChI=1S/C32H40N2S2/c1-3-5-7-9-11-13-15-29-33-31-25-17-18-26-24(23(25)19-21-27(31)35-29)20-22-28-32(26)34-30(36-28)16-14-12-10-8-6-4-2/h17-22H,3-16H2,1-2H3. The van der Waals surface area contributed by atoms with E-state index < -0.39 is 0 Å². The van der Waals surface area contributed by atoms with E-state index in [2.05, 4.69) is 50.2 Å². The average Bonchev–Trinajstić information content (AvgIpc) is 3.51. The molecule has 0 fully saturated rings. The molecule has 2 aromatic heterocycles. The molecule has 0 aliphatic rings. The summed E-state index contributed by atoms with van der Waals surface area (Å²) in [6.07, 6.45) is 18.2. The Balaban J connectivity index is 1.35. The van der Waals surface area contributed by atoms with Crippen molar-refractivity contribution in [2.24, 2.45) is 0 Å².